The van der Waals surface area contributed by atoms with Crippen LogP contribution in [0.1, 0.15) is 58.3 Å². The highest BCUT2D eigenvalue weighted by molar-refractivity contribution is 5.69. The van der Waals surface area contributed by atoms with Crippen LogP contribution in [0.4, 0.5) is 17.6 Å². The maximum absolute atomic E-state index is 12.9. The Balaban J connectivity index is 2.17. The van der Waals surface area contributed by atoms with E-state index in [9.17, 15) is 22.4 Å². The fraction of sp³-hybridized carbons (Fsp3) is 0.929. The van der Waals surface area contributed by atoms with Crippen molar-refractivity contribution in [2.24, 2.45) is 5.92 Å². The third-order valence-corrected chi connectivity index (χ3v) is 3.80. The quantitative estimate of drug-likeness (QED) is 0.508. The molecular formula is C14H22F4O2. The number of ether oxygens (including phenoxy) is 1. The molecule has 0 radical (unpaired) electrons. The average molecular weight is 298 g/mol. The second-order valence-corrected chi connectivity index (χ2v) is 5.61. The molecule has 0 bridgehead atoms. The maximum atomic E-state index is 12.9. The number of carbonyl (C=O) groups is 1. The van der Waals surface area contributed by atoms with E-state index in [0.717, 1.165) is 25.7 Å². The predicted octanol–water partition coefficient (Wildman–Crippen LogP) is 4.57. The van der Waals surface area contributed by atoms with Crippen LogP contribution in [0.15, 0.2) is 0 Å². The largest absolute Gasteiger partial charge is 0.465 e. The summed E-state index contributed by atoms with van der Waals surface area (Å²) >= 11 is 0. The number of hydrogen-bond donors (Lipinski definition) is 0. The SMILES string of the molecule is CC(F)(F)C(F)(F)CCOC(=O)CCC1CCCCC1. The zero-order valence-electron chi connectivity index (χ0n) is 11.8. The summed E-state index contributed by atoms with van der Waals surface area (Å²) in [5.41, 5.74) is 0. The van der Waals surface area contributed by atoms with E-state index in [-0.39, 0.29) is 13.3 Å². The van der Waals surface area contributed by atoms with Crippen LogP contribution in [0, 0.1) is 5.92 Å². The highest BCUT2D eigenvalue weighted by Crippen LogP contribution is 2.36. The molecule has 1 fully saturated rings. The molecule has 1 aliphatic carbocycles. The highest BCUT2D eigenvalue weighted by atomic mass is 19.3. The second kappa shape index (κ2) is 7.27. The molecule has 1 rings (SSSR count). The molecule has 0 aromatic rings. The van der Waals surface area contributed by atoms with Gasteiger partial charge in [-0.3, -0.25) is 4.79 Å². The Morgan fingerprint density at radius 2 is 1.75 bits per heavy atom. The minimum absolute atomic E-state index is 0.165. The van der Waals surface area contributed by atoms with Gasteiger partial charge in [0.05, 0.1) is 13.0 Å². The zero-order valence-corrected chi connectivity index (χ0v) is 11.8. The summed E-state index contributed by atoms with van der Waals surface area (Å²) in [5, 5.41) is 0. The lowest BCUT2D eigenvalue weighted by atomic mass is 9.86. The standard InChI is InChI=1S/C14H22F4O2/c1-13(15,16)14(17,18)9-10-20-12(19)8-7-11-5-3-2-4-6-11/h11H,2-10H2,1H3. The van der Waals surface area contributed by atoms with E-state index in [1.165, 1.54) is 6.42 Å². The van der Waals surface area contributed by atoms with Gasteiger partial charge in [-0.05, 0) is 12.3 Å². The molecule has 0 aliphatic heterocycles. The van der Waals surface area contributed by atoms with Gasteiger partial charge in [0.2, 0.25) is 0 Å². The van der Waals surface area contributed by atoms with Gasteiger partial charge in [0.25, 0.3) is 0 Å². The van der Waals surface area contributed by atoms with Crippen LogP contribution < -0.4 is 0 Å². The van der Waals surface area contributed by atoms with E-state index >= 15 is 0 Å². The van der Waals surface area contributed by atoms with Crippen molar-refractivity contribution in [3.63, 3.8) is 0 Å². The van der Waals surface area contributed by atoms with Gasteiger partial charge in [0.15, 0.2) is 0 Å². The molecule has 118 valence electrons. The van der Waals surface area contributed by atoms with Crippen LogP contribution >= 0.6 is 0 Å². The number of alkyl halides is 4. The Bertz CT molecular complexity index is 307. The molecule has 0 saturated heterocycles. The monoisotopic (exact) mass is 298 g/mol. The van der Waals surface area contributed by atoms with E-state index in [1.54, 1.807) is 0 Å². The smallest absolute Gasteiger partial charge is 0.313 e. The van der Waals surface area contributed by atoms with E-state index in [4.69, 9.17) is 0 Å². The second-order valence-electron chi connectivity index (χ2n) is 5.61. The first kappa shape index (κ1) is 17.2. The van der Waals surface area contributed by atoms with Gasteiger partial charge in [-0.25, -0.2) is 8.78 Å². The van der Waals surface area contributed by atoms with Gasteiger partial charge in [-0.1, -0.05) is 32.1 Å². The Kier molecular flexibility index (Phi) is 6.27. The molecular weight excluding hydrogens is 276 g/mol. The first-order chi connectivity index (χ1) is 9.22. The van der Waals surface area contributed by atoms with E-state index < -0.39 is 30.8 Å². The normalized spacial score (nSPS) is 18.1. The molecule has 0 unspecified atom stereocenters. The van der Waals surface area contributed by atoms with Gasteiger partial charge >= 0.3 is 17.8 Å². The fourth-order valence-corrected chi connectivity index (χ4v) is 2.38. The molecule has 2 nitrogen and oxygen atoms in total. The van der Waals surface area contributed by atoms with Gasteiger partial charge < -0.3 is 4.74 Å². The van der Waals surface area contributed by atoms with Crippen LogP contribution in [0.5, 0.6) is 0 Å². The van der Waals surface area contributed by atoms with Crippen molar-refractivity contribution in [2.75, 3.05) is 6.61 Å². The lowest BCUT2D eigenvalue weighted by Crippen LogP contribution is -2.38. The van der Waals surface area contributed by atoms with Crippen molar-refractivity contribution >= 4 is 5.97 Å². The average Bonchev–Trinajstić information content (AvgIpc) is 2.36. The Labute approximate surface area is 116 Å². The summed E-state index contributed by atoms with van der Waals surface area (Å²) in [7, 11) is 0. The number of rotatable bonds is 7. The third-order valence-electron chi connectivity index (χ3n) is 3.80. The van der Waals surface area contributed by atoms with Crippen LogP contribution in [0.25, 0.3) is 0 Å². The summed E-state index contributed by atoms with van der Waals surface area (Å²) in [6.45, 7) is -0.502. The molecule has 1 saturated carbocycles. The number of carbonyl (C=O) groups excluding carboxylic acids is 1. The van der Waals surface area contributed by atoms with Crippen molar-refractivity contribution in [1.29, 1.82) is 0 Å². The molecule has 6 heteroatoms. The van der Waals surface area contributed by atoms with Crippen LogP contribution in [-0.4, -0.2) is 24.4 Å². The van der Waals surface area contributed by atoms with Crippen molar-refractivity contribution < 1.29 is 27.1 Å². The Morgan fingerprint density at radius 1 is 1.15 bits per heavy atom. The number of halogens is 4. The van der Waals surface area contributed by atoms with Crippen LogP contribution in [0.2, 0.25) is 0 Å². The molecule has 0 amide bonds. The van der Waals surface area contributed by atoms with Crippen LogP contribution in [0.3, 0.4) is 0 Å². The summed E-state index contributed by atoms with van der Waals surface area (Å²) in [6, 6.07) is 0. The topological polar surface area (TPSA) is 26.3 Å². The minimum Gasteiger partial charge on any atom is -0.465 e. The van der Waals surface area contributed by atoms with Crippen molar-refractivity contribution in [3.05, 3.63) is 0 Å². The summed E-state index contributed by atoms with van der Waals surface area (Å²) in [5.74, 6) is -8.32. The van der Waals surface area contributed by atoms with E-state index in [1.807, 2.05) is 0 Å². The minimum atomic E-state index is -4.14. The first-order valence-corrected chi connectivity index (χ1v) is 7.13. The third kappa shape index (κ3) is 5.67. The molecule has 0 heterocycles. The van der Waals surface area contributed by atoms with Crippen molar-refractivity contribution in [1.82, 2.24) is 0 Å². The van der Waals surface area contributed by atoms with Gasteiger partial charge in [0, 0.05) is 13.3 Å². The van der Waals surface area contributed by atoms with Gasteiger partial charge in [-0.15, -0.1) is 0 Å². The summed E-state index contributed by atoms with van der Waals surface area (Å²) < 4.78 is 55.5. The van der Waals surface area contributed by atoms with Crippen molar-refractivity contribution in [3.8, 4) is 0 Å². The van der Waals surface area contributed by atoms with Crippen molar-refractivity contribution in [2.45, 2.75) is 70.1 Å². The highest BCUT2D eigenvalue weighted by Gasteiger charge is 2.51. The lowest BCUT2D eigenvalue weighted by Gasteiger charge is -2.23. The predicted molar refractivity (Wildman–Crippen MR) is 67.0 cm³/mol. The fourth-order valence-electron chi connectivity index (χ4n) is 2.38. The molecule has 0 spiro atoms. The Hall–Kier alpha value is -0.810. The molecule has 0 N–H and O–H groups in total. The lowest BCUT2D eigenvalue weighted by molar-refractivity contribution is -0.206. The van der Waals surface area contributed by atoms with E-state index in [2.05, 4.69) is 4.74 Å². The summed E-state index contributed by atoms with van der Waals surface area (Å²) in [6.07, 6.45) is 5.46. The maximum Gasteiger partial charge on any atom is 0.313 e. The van der Waals surface area contributed by atoms with Gasteiger partial charge in [-0.2, -0.15) is 8.78 Å². The van der Waals surface area contributed by atoms with Gasteiger partial charge in [0.1, 0.15) is 0 Å². The van der Waals surface area contributed by atoms with Crippen LogP contribution in [-0.2, 0) is 9.53 Å². The molecule has 0 aromatic heterocycles. The number of esters is 1. The zero-order chi connectivity index (χ0) is 15.2. The first-order valence-electron chi connectivity index (χ1n) is 7.13. The summed E-state index contributed by atoms with van der Waals surface area (Å²) in [4.78, 5) is 11.4. The van der Waals surface area contributed by atoms with E-state index in [0.29, 0.717) is 12.3 Å². The molecule has 1 aliphatic rings. The molecule has 0 atom stereocenters. The molecule has 0 aromatic carbocycles. The number of hydrogen-bond acceptors (Lipinski definition) is 2. The molecule has 20 heavy (non-hydrogen) atoms. The Morgan fingerprint density at radius 3 is 2.30 bits per heavy atom.